The topological polar surface area (TPSA) is 90.0 Å². The third-order valence-electron chi connectivity index (χ3n) is 7.63. The van der Waals surface area contributed by atoms with Crippen molar-refractivity contribution in [3.8, 4) is 0 Å². The van der Waals surface area contributed by atoms with Crippen molar-refractivity contribution in [1.82, 2.24) is 14.5 Å². The highest BCUT2D eigenvalue weighted by atomic mass is 35.5. The molecule has 0 radical (unpaired) electrons. The molecule has 0 aliphatic heterocycles. The van der Waals surface area contributed by atoms with Crippen LogP contribution in [0.25, 0.3) is 0 Å². The molecule has 0 heterocycles. The minimum atomic E-state index is -4.29. The van der Waals surface area contributed by atoms with Gasteiger partial charge in [0.1, 0.15) is 18.4 Å². The predicted molar refractivity (Wildman–Crippen MR) is 167 cm³/mol. The predicted octanol–water partition coefficient (Wildman–Crippen LogP) is 5.18. The van der Waals surface area contributed by atoms with Gasteiger partial charge in [0, 0.05) is 38.1 Å². The molecule has 1 aliphatic rings. The monoisotopic (exact) mass is 628 g/mol. The van der Waals surface area contributed by atoms with Crippen molar-refractivity contribution in [2.75, 3.05) is 24.9 Å². The molecule has 1 fully saturated rings. The number of para-hydroxylation sites is 1. The summed E-state index contributed by atoms with van der Waals surface area (Å²) in [5.41, 5.74) is 1.28. The molecule has 0 spiro atoms. The van der Waals surface area contributed by atoms with E-state index >= 15 is 0 Å². The number of anilines is 1. The Kier molecular flexibility index (Phi) is 11.2. The zero-order chi connectivity index (χ0) is 31.0. The van der Waals surface area contributed by atoms with E-state index in [1.807, 2.05) is 30.3 Å². The van der Waals surface area contributed by atoms with E-state index in [9.17, 15) is 22.4 Å². The molecule has 11 heteroatoms. The Bertz CT molecular complexity index is 1480. The number of amides is 2. The molecule has 1 atom stereocenters. The van der Waals surface area contributed by atoms with E-state index in [-0.39, 0.29) is 30.6 Å². The van der Waals surface area contributed by atoms with Gasteiger partial charge < -0.3 is 10.2 Å². The normalized spacial score (nSPS) is 14.7. The largest absolute Gasteiger partial charge is 0.352 e. The Morgan fingerprint density at radius 1 is 0.907 bits per heavy atom. The lowest BCUT2D eigenvalue weighted by molar-refractivity contribution is -0.140. The fourth-order valence-corrected chi connectivity index (χ4v) is 6.43. The van der Waals surface area contributed by atoms with Crippen LogP contribution in [-0.4, -0.2) is 62.2 Å². The number of halogens is 2. The van der Waals surface area contributed by atoms with Crippen molar-refractivity contribution in [3.63, 3.8) is 0 Å². The summed E-state index contributed by atoms with van der Waals surface area (Å²) in [4.78, 5) is 29.7. The minimum Gasteiger partial charge on any atom is -0.352 e. The molecule has 0 bridgehead atoms. The molecular weight excluding hydrogens is 591 g/mol. The van der Waals surface area contributed by atoms with Crippen LogP contribution in [0.4, 0.5) is 10.1 Å². The number of hydrogen-bond acceptors (Lipinski definition) is 4. The van der Waals surface area contributed by atoms with E-state index in [1.165, 1.54) is 37.2 Å². The van der Waals surface area contributed by atoms with Crippen LogP contribution in [0, 0.1) is 5.82 Å². The number of hydrogen-bond donors (Lipinski definition) is 1. The zero-order valence-electron chi connectivity index (χ0n) is 24.5. The lowest BCUT2D eigenvalue weighted by atomic mass is 9.94. The first-order chi connectivity index (χ1) is 20.6. The molecule has 0 saturated heterocycles. The van der Waals surface area contributed by atoms with Crippen LogP contribution in [0.3, 0.4) is 0 Å². The number of carbonyl (C=O) groups is 2. The van der Waals surface area contributed by atoms with E-state index in [1.54, 1.807) is 24.3 Å². The molecule has 43 heavy (non-hydrogen) atoms. The fourth-order valence-electron chi connectivity index (χ4n) is 5.24. The summed E-state index contributed by atoms with van der Waals surface area (Å²) in [5.74, 6) is -1.75. The molecule has 0 aromatic heterocycles. The number of rotatable bonds is 12. The van der Waals surface area contributed by atoms with Gasteiger partial charge in [-0.1, -0.05) is 85.5 Å². The molecule has 8 nitrogen and oxygen atoms in total. The van der Waals surface area contributed by atoms with Gasteiger partial charge in [-0.3, -0.25) is 9.59 Å². The molecule has 1 aliphatic carbocycles. The average Bonchev–Trinajstić information content (AvgIpc) is 3.00. The van der Waals surface area contributed by atoms with E-state index < -0.39 is 34.5 Å². The summed E-state index contributed by atoms with van der Waals surface area (Å²) < 4.78 is 43.5. The number of nitrogens with one attached hydrogen (secondary N) is 1. The van der Waals surface area contributed by atoms with Crippen molar-refractivity contribution in [3.05, 3.63) is 101 Å². The maximum absolute atomic E-state index is 15.0. The molecule has 0 unspecified atom stereocenters. The van der Waals surface area contributed by atoms with E-state index in [2.05, 4.69) is 5.32 Å². The summed E-state index contributed by atoms with van der Waals surface area (Å²) in [7, 11) is -1.66. The first kappa shape index (κ1) is 32.4. The Morgan fingerprint density at radius 3 is 2.16 bits per heavy atom. The van der Waals surface area contributed by atoms with Crippen LogP contribution in [0.2, 0.25) is 5.02 Å². The summed E-state index contributed by atoms with van der Waals surface area (Å²) in [6.07, 6.45) is 5.07. The zero-order valence-corrected chi connectivity index (χ0v) is 26.0. The van der Waals surface area contributed by atoms with Crippen LogP contribution in [0.15, 0.2) is 78.9 Å². The van der Waals surface area contributed by atoms with Crippen molar-refractivity contribution in [2.45, 2.75) is 57.2 Å². The SMILES string of the molecule is CN(C)S(=O)(=O)N(CC(=O)N(Cc1ccc(Cl)cc1)[C@@H](Cc1ccccc1)C(=O)NC1CCCCC1)c1ccccc1F. The highest BCUT2D eigenvalue weighted by molar-refractivity contribution is 7.90. The first-order valence-corrected chi connectivity index (χ1v) is 16.2. The summed E-state index contributed by atoms with van der Waals surface area (Å²) in [5, 5.41) is 3.67. The van der Waals surface area contributed by atoms with Crippen molar-refractivity contribution in [2.24, 2.45) is 0 Å². The van der Waals surface area contributed by atoms with E-state index in [0.29, 0.717) is 10.6 Å². The quantitative estimate of drug-likeness (QED) is 0.299. The minimum absolute atomic E-state index is 0.00367. The molecule has 2 amide bonds. The molecule has 1 saturated carbocycles. The van der Waals surface area contributed by atoms with Crippen LogP contribution in [-0.2, 0) is 32.8 Å². The molecule has 3 aromatic rings. The molecule has 1 N–H and O–H groups in total. The second-order valence-electron chi connectivity index (χ2n) is 10.9. The average molecular weight is 629 g/mol. The maximum Gasteiger partial charge on any atom is 0.304 e. The molecular formula is C32H38ClFN4O4S. The van der Waals surface area contributed by atoms with Crippen LogP contribution >= 0.6 is 11.6 Å². The smallest absolute Gasteiger partial charge is 0.304 e. The lowest BCUT2D eigenvalue weighted by Gasteiger charge is -2.35. The Labute approximate surface area is 258 Å². The van der Waals surface area contributed by atoms with Crippen LogP contribution in [0.1, 0.15) is 43.2 Å². The van der Waals surface area contributed by atoms with Gasteiger partial charge in [-0.15, -0.1) is 0 Å². The Balaban J connectivity index is 1.75. The second-order valence-corrected chi connectivity index (χ2v) is 13.4. The van der Waals surface area contributed by atoms with Gasteiger partial charge in [0.15, 0.2) is 0 Å². The highest BCUT2D eigenvalue weighted by Crippen LogP contribution is 2.25. The van der Waals surface area contributed by atoms with E-state index in [0.717, 1.165) is 52.3 Å². The Hall–Kier alpha value is -3.47. The van der Waals surface area contributed by atoms with Crippen molar-refractivity contribution >= 4 is 39.3 Å². The number of carbonyl (C=O) groups excluding carboxylic acids is 2. The van der Waals surface area contributed by atoms with Gasteiger partial charge in [-0.2, -0.15) is 12.7 Å². The molecule has 4 rings (SSSR count). The lowest BCUT2D eigenvalue weighted by Crippen LogP contribution is -2.55. The van der Waals surface area contributed by atoms with Gasteiger partial charge in [0.2, 0.25) is 11.8 Å². The Morgan fingerprint density at radius 2 is 1.53 bits per heavy atom. The van der Waals surface area contributed by atoms with E-state index in [4.69, 9.17) is 11.6 Å². The summed E-state index contributed by atoms with van der Waals surface area (Å²) in [6.45, 7) is -0.699. The third-order valence-corrected chi connectivity index (χ3v) is 9.69. The van der Waals surface area contributed by atoms with Gasteiger partial charge in [0.05, 0.1) is 5.69 Å². The van der Waals surface area contributed by atoms with Gasteiger partial charge in [-0.25, -0.2) is 8.70 Å². The van der Waals surface area contributed by atoms with Gasteiger partial charge in [0.25, 0.3) is 0 Å². The molecule has 230 valence electrons. The standard InChI is InChI=1S/C32H38ClFN4O4S/c1-36(2)43(41,42)38(29-16-10-9-15-28(29)34)23-31(39)37(22-25-17-19-26(33)20-18-25)30(21-24-11-5-3-6-12-24)32(40)35-27-13-7-4-8-14-27/h3,5-6,9-12,15-20,27,30H,4,7-8,13-14,21-23H2,1-2H3,(H,35,40)/t30-/m0/s1. The maximum atomic E-state index is 15.0. The second kappa shape index (κ2) is 14.8. The molecule has 3 aromatic carbocycles. The summed E-state index contributed by atoms with van der Waals surface area (Å²) in [6, 6.07) is 20.7. The fraction of sp³-hybridized carbons (Fsp3) is 0.375. The number of nitrogens with zero attached hydrogens (tertiary/aromatic N) is 3. The van der Waals surface area contributed by atoms with Crippen molar-refractivity contribution in [1.29, 1.82) is 0 Å². The van der Waals surface area contributed by atoms with Gasteiger partial charge in [-0.05, 0) is 48.2 Å². The first-order valence-electron chi connectivity index (χ1n) is 14.4. The van der Waals surface area contributed by atoms with Gasteiger partial charge >= 0.3 is 10.2 Å². The van der Waals surface area contributed by atoms with Crippen LogP contribution < -0.4 is 9.62 Å². The van der Waals surface area contributed by atoms with Crippen LogP contribution in [0.5, 0.6) is 0 Å². The highest BCUT2D eigenvalue weighted by Gasteiger charge is 2.36. The number of benzene rings is 3. The third kappa shape index (κ3) is 8.55. The summed E-state index contributed by atoms with van der Waals surface area (Å²) >= 11 is 6.11. The van der Waals surface area contributed by atoms with Crippen molar-refractivity contribution < 1.29 is 22.4 Å².